The lowest BCUT2D eigenvalue weighted by molar-refractivity contribution is -0.0106. The van der Waals surface area contributed by atoms with Gasteiger partial charge < -0.3 is 19.7 Å². The number of methoxy groups -OCH3 is 1. The number of ether oxygens (including phenoxy) is 1. The Morgan fingerprint density at radius 1 is 1.33 bits per heavy atom. The van der Waals surface area contributed by atoms with Gasteiger partial charge in [0.2, 0.25) is 5.82 Å². The number of aromatic nitrogens is 2. The van der Waals surface area contributed by atoms with Gasteiger partial charge in [0.25, 0.3) is 5.89 Å². The Morgan fingerprint density at radius 3 is 2.62 bits per heavy atom. The molecule has 1 aromatic heterocycles. The lowest BCUT2D eigenvalue weighted by atomic mass is 10.0. The first kappa shape index (κ1) is 15.5. The second-order valence-corrected chi connectivity index (χ2v) is 4.94. The quantitative estimate of drug-likeness (QED) is 0.815. The molecule has 2 aromatic rings. The Kier molecular flexibility index (Phi) is 4.93. The second-order valence-electron chi connectivity index (χ2n) is 4.94. The summed E-state index contributed by atoms with van der Waals surface area (Å²) in [7, 11) is 1.64. The van der Waals surface area contributed by atoms with Gasteiger partial charge in [-0.1, -0.05) is 12.1 Å². The van der Waals surface area contributed by atoms with E-state index in [-0.39, 0.29) is 6.61 Å². The van der Waals surface area contributed by atoms with Gasteiger partial charge in [-0.3, -0.25) is 0 Å². The number of hydrogen-bond acceptors (Lipinski definition) is 6. The molecule has 0 spiro atoms. The van der Waals surface area contributed by atoms with Crippen LogP contribution in [0.4, 0.5) is 5.69 Å². The standard InChI is InChI=1S/C15H21N3O3/c1-4-15(2,20-3)14-17-13(21-18-14)11-5-7-12(8-6-11)16-9-10-19/h5-8,16,19H,4,9-10H2,1-3H3. The van der Waals surface area contributed by atoms with Crippen LogP contribution in [0.1, 0.15) is 26.1 Å². The van der Waals surface area contributed by atoms with E-state index in [1.165, 1.54) is 0 Å². The molecular formula is C15H21N3O3. The maximum absolute atomic E-state index is 8.78. The molecule has 0 radical (unpaired) electrons. The molecule has 1 aromatic carbocycles. The minimum atomic E-state index is -0.537. The Balaban J connectivity index is 2.18. The van der Waals surface area contributed by atoms with Gasteiger partial charge in [0.15, 0.2) is 0 Å². The molecule has 6 heteroatoms. The van der Waals surface area contributed by atoms with Gasteiger partial charge in [-0.05, 0) is 37.6 Å². The van der Waals surface area contributed by atoms with Crippen LogP contribution in [-0.4, -0.2) is 35.5 Å². The van der Waals surface area contributed by atoms with Crippen molar-refractivity contribution in [3.05, 3.63) is 30.1 Å². The molecule has 0 amide bonds. The highest BCUT2D eigenvalue weighted by atomic mass is 16.5. The number of aliphatic hydroxyl groups excluding tert-OH is 1. The smallest absolute Gasteiger partial charge is 0.258 e. The lowest BCUT2D eigenvalue weighted by Crippen LogP contribution is -2.24. The van der Waals surface area contributed by atoms with Gasteiger partial charge in [0, 0.05) is 24.9 Å². The van der Waals surface area contributed by atoms with Crippen LogP contribution in [0.3, 0.4) is 0 Å². The van der Waals surface area contributed by atoms with Crippen molar-refractivity contribution in [3.8, 4) is 11.5 Å². The molecule has 6 nitrogen and oxygen atoms in total. The Morgan fingerprint density at radius 2 is 2.05 bits per heavy atom. The largest absolute Gasteiger partial charge is 0.395 e. The van der Waals surface area contributed by atoms with Crippen LogP contribution in [0.5, 0.6) is 0 Å². The number of hydrogen-bond donors (Lipinski definition) is 2. The van der Waals surface area contributed by atoms with Gasteiger partial charge in [0.1, 0.15) is 5.60 Å². The van der Waals surface area contributed by atoms with Gasteiger partial charge in [-0.15, -0.1) is 0 Å². The summed E-state index contributed by atoms with van der Waals surface area (Å²) in [5.41, 5.74) is 1.24. The fourth-order valence-electron chi connectivity index (χ4n) is 1.88. The van der Waals surface area contributed by atoms with Gasteiger partial charge >= 0.3 is 0 Å². The molecule has 1 unspecified atom stereocenters. The molecule has 114 valence electrons. The van der Waals surface area contributed by atoms with E-state index in [0.29, 0.717) is 18.3 Å². The van der Waals surface area contributed by atoms with E-state index in [2.05, 4.69) is 15.5 Å². The SMILES string of the molecule is CCC(C)(OC)c1noc(-c2ccc(NCCO)cc2)n1. The van der Waals surface area contributed by atoms with Crippen LogP contribution >= 0.6 is 0 Å². The fourth-order valence-corrected chi connectivity index (χ4v) is 1.88. The molecule has 1 atom stereocenters. The first-order valence-electron chi connectivity index (χ1n) is 6.97. The number of nitrogens with zero attached hydrogens (tertiary/aromatic N) is 2. The summed E-state index contributed by atoms with van der Waals surface area (Å²) >= 11 is 0. The molecular weight excluding hydrogens is 270 g/mol. The highest BCUT2D eigenvalue weighted by molar-refractivity contribution is 5.58. The molecule has 0 saturated heterocycles. The van der Waals surface area contributed by atoms with Crippen LogP contribution in [0.2, 0.25) is 0 Å². The predicted octanol–water partition coefficient (Wildman–Crippen LogP) is 2.41. The van der Waals surface area contributed by atoms with E-state index >= 15 is 0 Å². The van der Waals surface area contributed by atoms with Crippen molar-refractivity contribution >= 4 is 5.69 Å². The molecule has 21 heavy (non-hydrogen) atoms. The molecule has 1 heterocycles. The van der Waals surface area contributed by atoms with Crippen LogP contribution in [-0.2, 0) is 10.3 Å². The van der Waals surface area contributed by atoms with Crippen molar-refractivity contribution < 1.29 is 14.4 Å². The highest BCUT2D eigenvalue weighted by Crippen LogP contribution is 2.28. The summed E-state index contributed by atoms with van der Waals surface area (Å²) in [4.78, 5) is 4.42. The Hall–Kier alpha value is -1.92. The van der Waals surface area contributed by atoms with Crippen molar-refractivity contribution in [1.29, 1.82) is 0 Å². The monoisotopic (exact) mass is 291 g/mol. The van der Waals surface area contributed by atoms with Crippen molar-refractivity contribution in [2.75, 3.05) is 25.6 Å². The summed E-state index contributed by atoms with van der Waals surface area (Å²) < 4.78 is 10.8. The van der Waals surface area contributed by atoms with Crippen LogP contribution in [0.25, 0.3) is 11.5 Å². The van der Waals surface area contributed by atoms with Crippen LogP contribution in [0, 0.1) is 0 Å². The molecule has 0 aliphatic rings. The van der Waals surface area contributed by atoms with Crippen molar-refractivity contribution in [1.82, 2.24) is 10.1 Å². The first-order chi connectivity index (χ1) is 10.1. The minimum absolute atomic E-state index is 0.0986. The zero-order chi connectivity index (χ0) is 15.3. The summed E-state index contributed by atoms with van der Waals surface area (Å²) in [6, 6.07) is 7.61. The van der Waals surface area contributed by atoms with Crippen molar-refractivity contribution in [2.45, 2.75) is 25.9 Å². The van der Waals surface area contributed by atoms with Crippen LogP contribution in [0.15, 0.2) is 28.8 Å². The summed E-state index contributed by atoms with van der Waals surface area (Å²) in [6.45, 7) is 4.57. The number of anilines is 1. The molecule has 2 rings (SSSR count). The molecule has 0 aliphatic carbocycles. The van der Waals surface area contributed by atoms with E-state index in [0.717, 1.165) is 17.7 Å². The number of benzene rings is 1. The average molecular weight is 291 g/mol. The average Bonchev–Trinajstić information content (AvgIpc) is 3.03. The van der Waals surface area contributed by atoms with E-state index in [4.69, 9.17) is 14.4 Å². The topological polar surface area (TPSA) is 80.4 Å². The second kappa shape index (κ2) is 6.69. The molecule has 2 N–H and O–H groups in total. The minimum Gasteiger partial charge on any atom is -0.395 e. The predicted molar refractivity (Wildman–Crippen MR) is 80.0 cm³/mol. The third kappa shape index (κ3) is 3.40. The van der Waals surface area contributed by atoms with E-state index in [1.54, 1.807) is 7.11 Å². The van der Waals surface area contributed by atoms with Gasteiger partial charge in [0.05, 0.1) is 6.61 Å². The lowest BCUT2D eigenvalue weighted by Gasteiger charge is -2.21. The van der Waals surface area contributed by atoms with Crippen molar-refractivity contribution in [3.63, 3.8) is 0 Å². The number of aliphatic hydroxyl groups is 1. The maximum atomic E-state index is 8.78. The Bertz CT molecular complexity index is 562. The summed E-state index contributed by atoms with van der Waals surface area (Å²) in [5.74, 6) is 1.01. The summed E-state index contributed by atoms with van der Waals surface area (Å²) in [6.07, 6.45) is 0.756. The molecule has 0 aliphatic heterocycles. The van der Waals surface area contributed by atoms with E-state index < -0.39 is 5.60 Å². The van der Waals surface area contributed by atoms with Crippen LogP contribution < -0.4 is 5.32 Å². The van der Waals surface area contributed by atoms with Gasteiger partial charge in [-0.2, -0.15) is 4.98 Å². The molecule has 0 fully saturated rings. The Labute approximate surface area is 124 Å². The highest BCUT2D eigenvalue weighted by Gasteiger charge is 2.30. The normalized spacial score (nSPS) is 13.9. The third-order valence-electron chi connectivity index (χ3n) is 3.60. The fraction of sp³-hybridized carbons (Fsp3) is 0.467. The zero-order valence-corrected chi connectivity index (χ0v) is 12.6. The summed E-state index contributed by atoms with van der Waals surface area (Å²) in [5, 5.41) is 15.9. The zero-order valence-electron chi connectivity index (χ0n) is 12.6. The molecule has 0 bridgehead atoms. The number of nitrogens with one attached hydrogen (secondary N) is 1. The number of rotatable bonds is 7. The van der Waals surface area contributed by atoms with E-state index in [9.17, 15) is 0 Å². The van der Waals surface area contributed by atoms with Crippen molar-refractivity contribution in [2.24, 2.45) is 0 Å². The maximum Gasteiger partial charge on any atom is 0.258 e. The van der Waals surface area contributed by atoms with E-state index in [1.807, 2.05) is 38.1 Å². The first-order valence-corrected chi connectivity index (χ1v) is 6.97. The molecule has 0 saturated carbocycles. The van der Waals surface area contributed by atoms with Gasteiger partial charge in [-0.25, -0.2) is 0 Å². The third-order valence-corrected chi connectivity index (χ3v) is 3.60.